The first kappa shape index (κ1) is 18.2. The van der Waals surface area contributed by atoms with Crippen LogP contribution in [0.25, 0.3) is 0 Å². The summed E-state index contributed by atoms with van der Waals surface area (Å²) >= 11 is 5.77. The molecule has 0 aliphatic carbocycles. The number of carbonyl (C=O) groups excluding carboxylic acids is 2. The van der Waals surface area contributed by atoms with Gasteiger partial charge < -0.3 is 9.64 Å². The normalized spacial score (nSPS) is 12.2. The van der Waals surface area contributed by atoms with Crippen molar-refractivity contribution in [3.8, 4) is 0 Å². The molecule has 0 saturated carbocycles. The molecule has 0 heterocycles. The Hall–Kier alpha value is -1.88. The Balaban J connectivity index is 3.04. The third-order valence-corrected chi connectivity index (χ3v) is 3.39. The van der Waals surface area contributed by atoms with Crippen molar-refractivity contribution in [2.24, 2.45) is 0 Å². The third-order valence-electron chi connectivity index (χ3n) is 3.10. The summed E-state index contributed by atoms with van der Waals surface area (Å²) in [5.74, 6) is -1.54. The van der Waals surface area contributed by atoms with Crippen molar-refractivity contribution in [2.75, 3.05) is 11.5 Å². The zero-order valence-electron chi connectivity index (χ0n) is 12.8. The SMILES string of the molecule is CCOC(=O)/C=C/C(=O)N(c1ccc(F)c(Cl)c1)[C@@H](C)CC. The highest BCUT2D eigenvalue weighted by atomic mass is 35.5. The average molecular weight is 328 g/mol. The lowest BCUT2D eigenvalue weighted by molar-refractivity contribution is -0.137. The molecule has 0 aliphatic rings. The van der Waals surface area contributed by atoms with Gasteiger partial charge in [-0.25, -0.2) is 9.18 Å². The van der Waals surface area contributed by atoms with E-state index in [2.05, 4.69) is 0 Å². The molecular formula is C16H19ClFNO3. The maximum atomic E-state index is 13.3. The average Bonchev–Trinajstić information content (AvgIpc) is 2.49. The molecule has 1 aromatic carbocycles. The van der Waals surface area contributed by atoms with Crippen LogP contribution in [-0.4, -0.2) is 24.5 Å². The lowest BCUT2D eigenvalue weighted by Crippen LogP contribution is -2.37. The number of ether oxygens (including phenoxy) is 1. The van der Waals surface area contributed by atoms with Gasteiger partial charge in [0.15, 0.2) is 0 Å². The van der Waals surface area contributed by atoms with Gasteiger partial charge in [0.1, 0.15) is 5.82 Å². The second-order valence-corrected chi connectivity index (χ2v) is 5.06. The van der Waals surface area contributed by atoms with E-state index in [4.69, 9.17) is 16.3 Å². The summed E-state index contributed by atoms with van der Waals surface area (Å²) in [4.78, 5) is 25.1. The number of halogens is 2. The molecule has 1 amide bonds. The van der Waals surface area contributed by atoms with Crippen LogP contribution >= 0.6 is 11.6 Å². The fraction of sp³-hybridized carbons (Fsp3) is 0.375. The number of benzene rings is 1. The lowest BCUT2D eigenvalue weighted by Gasteiger charge is -2.27. The number of hydrogen-bond donors (Lipinski definition) is 0. The summed E-state index contributed by atoms with van der Waals surface area (Å²) < 4.78 is 18.0. The Morgan fingerprint density at radius 2 is 2.05 bits per heavy atom. The van der Waals surface area contributed by atoms with E-state index in [1.807, 2.05) is 13.8 Å². The van der Waals surface area contributed by atoms with E-state index in [0.29, 0.717) is 12.1 Å². The van der Waals surface area contributed by atoms with Crippen molar-refractivity contribution < 1.29 is 18.7 Å². The molecule has 0 spiro atoms. The predicted octanol–water partition coefficient (Wildman–Crippen LogP) is 3.73. The molecule has 0 bridgehead atoms. The van der Waals surface area contributed by atoms with Gasteiger partial charge in [-0.3, -0.25) is 4.79 Å². The van der Waals surface area contributed by atoms with Gasteiger partial charge in [0.25, 0.3) is 5.91 Å². The standard InChI is InChI=1S/C16H19ClFNO3/c1-4-11(3)19(12-6-7-14(18)13(17)10-12)15(20)8-9-16(21)22-5-2/h6-11H,4-5H2,1-3H3/b9-8+/t11-/m0/s1. The molecule has 0 saturated heterocycles. The summed E-state index contributed by atoms with van der Waals surface area (Å²) in [6.07, 6.45) is 2.90. The van der Waals surface area contributed by atoms with Gasteiger partial charge >= 0.3 is 5.97 Å². The molecule has 120 valence electrons. The topological polar surface area (TPSA) is 46.6 Å². The Morgan fingerprint density at radius 3 is 2.59 bits per heavy atom. The molecule has 0 radical (unpaired) electrons. The maximum absolute atomic E-state index is 13.3. The zero-order valence-corrected chi connectivity index (χ0v) is 13.6. The van der Waals surface area contributed by atoms with Crippen LogP contribution in [0.15, 0.2) is 30.4 Å². The predicted molar refractivity (Wildman–Crippen MR) is 84.4 cm³/mol. The number of hydrogen-bond acceptors (Lipinski definition) is 3. The summed E-state index contributed by atoms with van der Waals surface area (Å²) in [7, 11) is 0. The van der Waals surface area contributed by atoms with E-state index in [0.717, 1.165) is 12.2 Å². The van der Waals surface area contributed by atoms with E-state index in [9.17, 15) is 14.0 Å². The van der Waals surface area contributed by atoms with E-state index in [-0.39, 0.29) is 17.7 Å². The van der Waals surface area contributed by atoms with Gasteiger partial charge in [-0.2, -0.15) is 0 Å². The van der Waals surface area contributed by atoms with E-state index < -0.39 is 17.7 Å². The molecule has 0 aliphatic heterocycles. The highest BCUT2D eigenvalue weighted by molar-refractivity contribution is 6.31. The Kier molecular flexibility index (Phi) is 7.05. The number of nitrogens with zero attached hydrogens (tertiary/aromatic N) is 1. The molecule has 0 N–H and O–H groups in total. The van der Waals surface area contributed by atoms with Gasteiger partial charge in [-0.05, 0) is 38.5 Å². The fourth-order valence-electron chi connectivity index (χ4n) is 1.83. The molecular weight excluding hydrogens is 309 g/mol. The first-order valence-corrected chi connectivity index (χ1v) is 7.41. The van der Waals surface area contributed by atoms with Crippen molar-refractivity contribution >= 4 is 29.2 Å². The second kappa shape index (κ2) is 8.54. The molecule has 22 heavy (non-hydrogen) atoms. The van der Waals surface area contributed by atoms with Crippen LogP contribution in [-0.2, 0) is 14.3 Å². The van der Waals surface area contributed by atoms with Crippen LogP contribution in [0.5, 0.6) is 0 Å². The molecule has 1 rings (SSSR count). The number of anilines is 1. The van der Waals surface area contributed by atoms with Gasteiger partial charge in [0.2, 0.25) is 0 Å². The van der Waals surface area contributed by atoms with Crippen LogP contribution < -0.4 is 4.90 Å². The molecule has 1 aromatic rings. The first-order chi connectivity index (χ1) is 10.4. The van der Waals surface area contributed by atoms with Gasteiger partial charge in [-0.1, -0.05) is 18.5 Å². The quantitative estimate of drug-likeness (QED) is 0.591. The number of amides is 1. The van der Waals surface area contributed by atoms with Crippen LogP contribution in [0, 0.1) is 5.82 Å². The van der Waals surface area contributed by atoms with Crippen molar-refractivity contribution in [3.05, 3.63) is 41.2 Å². The minimum atomic E-state index is -0.586. The molecule has 1 atom stereocenters. The van der Waals surface area contributed by atoms with Crippen LogP contribution in [0.4, 0.5) is 10.1 Å². The molecule has 0 unspecified atom stereocenters. The van der Waals surface area contributed by atoms with Gasteiger partial charge in [0.05, 0.1) is 11.6 Å². The summed E-state index contributed by atoms with van der Waals surface area (Å²) in [5, 5.41) is -0.0621. The minimum Gasteiger partial charge on any atom is -0.463 e. The third kappa shape index (κ3) is 4.84. The van der Waals surface area contributed by atoms with Crippen molar-refractivity contribution in [2.45, 2.75) is 33.2 Å². The highest BCUT2D eigenvalue weighted by Crippen LogP contribution is 2.25. The summed E-state index contributed by atoms with van der Waals surface area (Å²) in [5.41, 5.74) is 0.472. The molecule has 4 nitrogen and oxygen atoms in total. The first-order valence-electron chi connectivity index (χ1n) is 7.03. The second-order valence-electron chi connectivity index (χ2n) is 4.65. The van der Waals surface area contributed by atoms with Gasteiger partial charge in [-0.15, -0.1) is 0 Å². The Morgan fingerprint density at radius 1 is 1.36 bits per heavy atom. The lowest BCUT2D eigenvalue weighted by atomic mass is 10.1. The van der Waals surface area contributed by atoms with Crippen LogP contribution in [0.1, 0.15) is 27.2 Å². The number of esters is 1. The number of rotatable bonds is 6. The molecule has 0 fully saturated rings. The van der Waals surface area contributed by atoms with Crippen molar-refractivity contribution in [1.29, 1.82) is 0 Å². The monoisotopic (exact) mass is 327 g/mol. The largest absolute Gasteiger partial charge is 0.463 e. The molecule has 6 heteroatoms. The van der Waals surface area contributed by atoms with Crippen molar-refractivity contribution in [1.82, 2.24) is 0 Å². The summed E-state index contributed by atoms with van der Waals surface area (Å²) in [6, 6.07) is 3.93. The Labute approximate surface area is 134 Å². The minimum absolute atomic E-state index is 0.0621. The van der Waals surface area contributed by atoms with Gasteiger partial charge in [0, 0.05) is 23.9 Å². The van der Waals surface area contributed by atoms with Crippen LogP contribution in [0.2, 0.25) is 5.02 Å². The maximum Gasteiger partial charge on any atom is 0.330 e. The Bertz CT molecular complexity index is 575. The fourth-order valence-corrected chi connectivity index (χ4v) is 2.00. The van der Waals surface area contributed by atoms with E-state index in [1.165, 1.54) is 23.1 Å². The summed E-state index contributed by atoms with van der Waals surface area (Å²) in [6.45, 7) is 5.69. The van der Waals surface area contributed by atoms with E-state index >= 15 is 0 Å². The van der Waals surface area contributed by atoms with Crippen molar-refractivity contribution in [3.63, 3.8) is 0 Å². The smallest absolute Gasteiger partial charge is 0.330 e. The molecule has 0 aromatic heterocycles. The van der Waals surface area contributed by atoms with E-state index in [1.54, 1.807) is 6.92 Å². The zero-order chi connectivity index (χ0) is 16.7. The number of carbonyl (C=O) groups is 2. The highest BCUT2D eigenvalue weighted by Gasteiger charge is 2.20. The van der Waals surface area contributed by atoms with Crippen LogP contribution in [0.3, 0.4) is 0 Å².